The van der Waals surface area contributed by atoms with E-state index in [4.69, 9.17) is 4.74 Å². The number of hydrogen-bond acceptors (Lipinski definition) is 3. The first kappa shape index (κ1) is 11.6. The second kappa shape index (κ2) is 5.48. The number of hydrogen-bond donors (Lipinski definition) is 1. The second-order valence-corrected chi connectivity index (χ2v) is 3.90. The van der Waals surface area contributed by atoms with Crippen molar-refractivity contribution in [2.24, 2.45) is 0 Å². The van der Waals surface area contributed by atoms with Crippen LogP contribution in [0.5, 0.6) is 5.75 Å². The highest BCUT2D eigenvalue weighted by atomic mass is 16.5. The van der Waals surface area contributed by atoms with Gasteiger partial charge in [-0.1, -0.05) is 13.3 Å². The topological polar surface area (TPSA) is 50.8 Å². The molecule has 2 rings (SSSR count). The molecule has 17 heavy (non-hydrogen) atoms. The highest BCUT2D eigenvalue weighted by molar-refractivity contribution is 5.61. The van der Waals surface area contributed by atoms with Crippen molar-refractivity contribution < 1.29 is 4.74 Å². The zero-order valence-corrected chi connectivity index (χ0v) is 10.2. The van der Waals surface area contributed by atoms with Gasteiger partial charge in [-0.15, -0.1) is 0 Å². The van der Waals surface area contributed by atoms with Crippen LogP contribution in [0.4, 0.5) is 0 Å². The van der Waals surface area contributed by atoms with Gasteiger partial charge in [0.15, 0.2) is 0 Å². The molecule has 0 atom stereocenters. The van der Waals surface area contributed by atoms with E-state index < -0.39 is 0 Å². The minimum absolute atomic E-state index is 0.762. The van der Waals surface area contributed by atoms with Gasteiger partial charge in [0, 0.05) is 12.6 Å². The molecule has 4 heteroatoms. The summed E-state index contributed by atoms with van der Waals surface area (Å²) in [4.78, 5) is 12.0. The Labute approximate surface area is 101 Å². The van der Waals surface area contributed by atoms with Gasteiger partial charge in [-0.25, -0.2) is 4.98 Å². The molecule has 0 bridgehead atoms. The van der Waals surface area contributed by atoms with Gasteiger partial charge in [0.1, 0.15) is 17.3 Å². The monoisotopic (exact) mass is 231 g/mol. The highest BCUT2D eigenvalue weighted by Gasteiger charge is 2.09. The summed E-state index contributed by atoms with van der Waals surface area (Å²) in [6.45, 7) is 2.17. The number of unbranched alkanes of at least 4 members (excludes halogenated alkanes) is 1. The molecule has 0 saturated carbocycles. The zero-order valence-electron chi connectivity index (χ0n) is 10.2. The number of aromatic nitrogens is 3. The van der Waals surface area contributed by atoms with Gasteiger partial charge in [-0.3, -0.25) is 4.98 Å². The molecule has 0 aliphatic heterocycles. The van der Waals surface area contributed by atoms with Gasteiger partial charge in [0.25, 0.3) is 0 Å². The number of methoxy groups -OCH3 is 1. The molecule has 0 saturated heterocycles. The standard InChI is InChI=1S/C13H17N3O/c1-3-4-7-12-15-9-10(16-12)13-11(17-2)6-5-8-14-13/h5-6,8-9H,3-4,7H2,1-2H3,(H,15,16). The molecular formula is C13H17N3O. The van der Waals surface area contributed by atoms with Crippen molar-refractivity contribution in [2.75, 3.05) is 7.11 Å². The molecule has 0 unspecified atom stereocenters. The minimum Gasteiger partial charge on any atom is -0.494 e. The van der Waals surface area contributed by atoms with E-state index in [1.807, 2.05) is 18.3 Å². The van der Waals surface area contributed by atoms with Crippen LogP contribution in [0.15, 0.2) is 24.5 Å². The van der Waals surface area contributed by atoms with Gasteiger partial charge < -0.3 is 9.72 Å². The lowest BCUT2D eigenvalue weighted by Crippen LogP contribution is -1.91. The summed E-state index contributed by atoms with van der Waals surface area (Å²) in [7, 11) is 1.65. The smallest absolute Gasteiger partial charge is 0.146 e. The van der Waals surface area contributed by atoms with Gasteiger partial charge >= 0.3 is 0 Å². The average Bonchev–Trinajstić information content (AvgIpc) is 2.85. The van der Waals surface area contributed by atoms with Crippen LogP contribution >= 0.6 is 0 Å². The van der Waals surface area contributed by atoms with E-state index in [9.17, 15) is 0 Å². The van der Waals surface area contributed by atoms with Crippen molar-refractivity contribution in [2.45, 2.75) is 26.2 Å². The number of aromatic amines is 1. The third kappa shape index (κ3) is 2.64. The normalized spacial score (nSPS) is 10.5. The maximum Gasteiger partial charge on any atom is 0.146 e. The van der Waals surface area contributed by atoms with Crippen LogP contribution in [-0.2, 0) is 6.42 Å². The van der Waals surface area contributed by atoms with Crippen molar-refractivity contribution in [3.8, 4) is 17.1 Å². The molecule has 0 aliphatic rings. The molecule has 0 fully saturated rings. The maximum atomic E-state index is 5.28. The first-order valence-electron chi connectivity index (χ1n) is 5.88. The summed E-state index contributed by atoms with van der Waals surface area (Å²) in [6, 6.07) is 3.76. The fourth-order valence-electron chi connectivity index (χ4n) is 1.71. The Morgan fingerprint density at radius 1 is 1.35 bits per heavy atom. The number of aryl methyl sites for hydroxylation is 1. The predicted octanol–water partition coefficient (Wildman–Crippen LogP) is 2.82. The Morgan fingerprint density at radius 2 is 2.24 bits per heavy atom. The molecule has 4 nitrogen and oxygen atoms in total. The Hall–Kier alpha value is -1.84. The van der Waals surface area contributed by atoms with Crippen LogP contribution in [-0.4, -0.2) is 22.1 Å². The molecule has 90 valence electrons. The lowest BCUT2D eigenvalue weighted by molar-refractivity contribution is 0.414. The summed E-state index contributed by atoms with van der Waals surface area (Å²) < 4.78 is 5.28. The molecule has 2 aromatic rings. The Balaban J connectivity index is 2.24. The molecule has 2 heterocycles. The summed E-state index contributed by atoms with van der Waals surface area (Å²) >= 11 is 0. The molecule has 0 aromatic carbocycles. The van der Waals surface area contributed by atoms with Gasteiger partial charge in [-0.05, 0) is 18.6 Å². The Morgan fingerprint density at radius 3 is 3.00 bits per heavy atom. The summed E-state index contributed by atoms with van der Waals surface area (Å²) in [5.41, 5.74) is 1.72. The van der Waals surface area contributed by atoms with Crippen molar-refractivity contribution in [3.63, 3.8) is 0 Å². The minimum atomic E-state index is 0.762. The number of nitrogens with zero attached hydrogens (tertiary/aromatic N) is 2. The molecule has 0 spiro atoms. The first-order valence-corrected chi connectivity index (χ1v) is 5.88. The molecule has 1 N–H and O–H groups in total. The molecular weight excluding hydrogens is 214 g/mol. The van der Waals surface area contributed by atoms with E-state index in [1.54, 1.807) is 13.3 Å². The van der Waals surface area contributed by atoms with Crippen LogP contribution in [0.3, 0.4) is 0 Å². The van der Waals surface area contributed by atoms with E-state index in [0.717, 1.165) is 35.8 Å². The van der Waals surface area contributed by atoms with Crippen LogP contribution in [0.25, 0.3) is 11.4 Å². The lowest BCUT2D eigenvalue weighted by Gasteiger charge is -2.04. The predicted molar refractivity (Wildman–Crippen MR) is 67.0 cm³/mol. The largest absolute Gasteiger partial charge is 0.494 e. The number of H-pyrrole nitrogens is 1. The molecule has 0 aliphatic carbocycles. The fraction of sp³-hybridized carbons (Fsp3) is 0.385. The summed E-state index contributed by atoms with van der Waals surface area (Å²) in [6.07, 6.45) is 6.86. The van der Waals surface area contributed by atoms with Crippen LogP contribution in [0.2, 0.25) is 0 Å². The van der Waals surface area contributed by atoms with Crippen molar-refractivity contribution in [1.82, 2.24) is 15.0 Å². The Bertz CT molecular complexity index is 479. The van der Waals surface area contributed by atoms with Crippen LogP contribution in [0, 0.1) is 0 Å². The fourth-order valence-corrected chi connectivity index (χ4v) is 1.71. The summed E-state index contributed by atoms with van der Waals surface area (Å²) in [5, 5.41) is 0. The van der Waals surface area contributed by atoms with E-state index >= 15 is 0 Å². The maximum absolute atomic E-state index is 5.28. The number of imidazole rings is 1. The first-order chi connectivity index (χ1) is 8.35. The lowest BCUT2D eigenvalue weighted by atomic mass is 10.2. The number of ether oxygens (including phenoxy) is 1. The van der Waals surface area contributed by atoms with Gasteiger partial charge in [-0.2, -0.15) is 0 Å². The van der Waals surface area contributed by atoms with Crippen molar-refractivity contribution in [3.05, 3.63) is 30.4 Å². The van der Waals surface area contributed by atoms with Crippen LogP contribution in [0.1, 0.15) is 25.6 Å². The van der Waals surface area contributed by atoms with Crippen molar-refractivity contribution >= 4 is 0 Å². The summed E-state index contributed by atoms with van der Waals surface area (Å²) in [5.74, 6) is 1.77. The molecule has 0 amide bonds. The Kier molecular flexibility index (Phi) is 3.75. The van der Waals surface area contributed by atoms with E-state index in [0.29, 0.717) is 0 Å². The number of pyridine rings is 1. The molecule has 0 radical (unpaired) electrons. The highest BCUT2D eigenvalue weighted by Crippen LogP contribution is 2.25. The van der Waals surface area contributed by atoms with Gasteiger partial charge in [0.2, 0.25) is 0 Å². The molecule has 2 aromatic heterocycles. The van der Waals surface area contributed by atoms with E-state index in [-0.39, 0.29) is 0 Å². The SMILES string of the molecule is CCCCc1ncc(-c2ncccc2OC)[nH]1. The van der Waals surface area contributed by atoms with Crippen LogP contribution < -0.4 is 4.74 Å². The third-order valence-electron chi connectivity index (χ3n) is 2.64. The second-order valence-electron chi connectivity index (χ2n) is 3.90. The van der Waals surface area contributed by atoms with Crippen molar-refractivity contribution in [1.29, 1.82) is 0 Å². The van der Waals surface area contributed by atoms with E-state index in [2.05, 4.69) is 21.9 Å². The zero-order chi connectivity index (χ0) is 12.1. The number of rotatable bonds is 5. The van der Waals surface area contributed by atoms with E-state index in [1.165, 1.54) is 6.42 Å². The third-order valence-corrected chi connectivity index (χ3v) is 2.64. The quantitative estimate of drug-likeness (QED) is 0.860. The average molecular weight is 231 g/mol. The van der Waals surface area contributed by atoms with Gasteiger partial charge in [0.05, 0.1) is 19.0 Å². The number of nitrogens with one attached hydrogen (secondary N) is 1.